The van der Waals surface area contributed by atoms with Crippen molar-refractivity contribution in [1.82, 2.24) is 10.3 Å². The highest BCUT2D eigenvalue weighted by Gasteiger charge is 2.36. The molecule has 8 heteroatoms. The molecule has 0 amide bonds. The van der Waals surface area contributed by atoms with Crippen molar-refractivity contribution in [2.75, 3.05) is 0 Å². The van der Waals surface area contributed by atoms with Crippen LogP contribution in [0.4, 0.5) is 17.6 Å². The van der Waals surface area contributed by atoms with Crippen molar-refractivity contribution in [2.24, 2.45) is 0 Å². The average Bonchev–Trinajstić information content (AvgIpc) is 2.50. The molecule has 2 N–H and O–H groups in total. The zero-order chi connectivity index (χ0) is 21.5. The summed E-state index contributed by atoms with van der Waals surface area (Å²) in [4.78, 5) is 3.25. The molecule has 1 aromatic heterocycles. The van der Waals surface area contributed by atoms with Gasteiger partial charge in [-0.1, -0.05) is 26.8 Å². The quantitative estimate of drug-likeness (QED) is 0.564. The minimum atomic E-state index is -4.88. The lowest BCUT2D eigenvalue weighted by atomic mass is 9.83. The molecule has 0 radical (unpaired) electrons. The van der Waals surface area contributed by atoms with Crippen molar-refractivity contribution in [3.63, 3.8) is 0 Å². The topological polar surface area (TPSA) is 45.2 Å². The number of phenolic OH excluding ortho intramolecular Hbond substituents is 1. The predicted molar refractivity (Wildman–Crippen MR) is 109 cm³/mol. The monoisotopic (exact) mass is 434 g/mol. The first-order chi connectivity index (χ1) is 12.6. The summed E-state index contributed by atoms with van der Waals surface area (Å²) in [5, 5.41) is 14.0. The summed E-state index contributed by atoms with van der Waals surface area (Å²) < 4.78 is 52.4. The molecule has 0 atom stereocenters. The van der Waals surface area contributed by atoms with Crippen LogP contribution in [-0.2, 0) is 18.1 Å². The summed E-state index contributed by atoms with van der Waals surface area (Å²) >= 11 is 0. The Bertz CT molecular complexity index is 869. The van der Waals surface area contributed by atoms with Gasteiger partial charge in [0.05, 0.1) is 0 Å². The zero-order valence-corrected chi connectivity index (χ0v) is 18.1. The number of nitrogens with one attached hydrogen (secondary N) is 1. The number of rotatable bonds is 3. The summed E-state index contributed by atoms with van der Waals surface area (Å²) in [6.07, 6.45) is -3.94. The third kappa shape index (κ3) is 6.31. The Hall–Kier alpha value is -1.86. The van der Waals surface area contributed by atoms with Crippen LogP contribution in [0.3, 0.4) is 0 Å². The van der Waals surface area contributed by atoms with Gasteiger partial charge in [-0.15, -0.1) is 12.4 Å². The molecule has 0 aliphatic rings. The van der Waals surface area contributed by atoms with Crippen molar-refractivity contribution in [3.8, 4) is 16.9 Å². The number of pyridine rings is 1. The van der Waals surface area contributed by atoms with Crippen LogP contribution in [-0.4, -0.2) is 15.6 Å². The number of benzene rings is 1. The smallest absolute Gasteiger partial charge is 0.436 e. The van der Waals surface area contributed by atoms with E-state index in [-0.39, 0.29) is 40.2 Å². The van der Waals surface area contributed by atoms with Gasteiger partial charge in [-0.3, -0.25) is 0 Å². The summed E-state index contributed by atoms with van der Waals surface area (Å²) in [6.45, 7) is 12.2. The van der Waals surface area contributed by atoms with Gasteiger partial charge < -0.3 is 10.4 Å². The Balaban J connectivity index is 0.00000420. The van der Waals surface area contributed by atoms with Gasteiger partial charge in [-0.05, 0) is 43.9 Å². The zero-order valence-electron chi connectivity index (χ0n) is 17.3. The van der Waals surface area contributed by atoms with E-state index in [1.54, 1.807) is 6.07 Å². The van der Waals surface area contributed by atoms with Crippen molar-refractivity contribution < 1.29 is 22.7 Å². The molecule has 0 spiro atoms. The summed E-state index contributed by atoms with van der Waals surface area (Å²) in [7, 11) is 0. The van der Waals surface area contributed by atoms with Crippen LogP contribution in [0.15, 0.2) is 24.4 Å². The van der Waals surface area contributed by atoms with Gasteiger partial charge in [-0.2, -0.15) is 13.2 Å². The van der Waals surface area contributed by atoms with E-state index in [2.05, 4.69) is 10.3 Å². The normalized spacial score (nSPS) is 12.6. The van der Waals surface area contributed by atoms with Crippen LogP contribution in [0, 0.1) is 5.82 Å². The van der Waals surface area contributed by atoms with E-state index in [0.29, 0.717) is 12.1 Å². The van der Waals surface area contributed by atoms with Crippen molar-refractivity contribution >= 4 is 12.4 Å². The fourth-order valence-corrected chi connectivity index (χ4v) is 2.64. The molecular weight excluding hydrogens is 408 g/mol. The van der Waals surface area contributed by atoms with Crippen LogP contribution in [0.25, 0.3) is 11.1 Å². The molecule has 29 heavy (non-hydrogen) atoms. The molecule has 162 valence electrons. The third-order valence-electron chi connectivity index (χ3n) is 4.28. The lowest BCUT2D eigenvalue weighted by Crippen LogP contribution is -2.35. The lowest BCUT2D eigenvalue weighted by molar-refractivity contribution is -0.143. The fourth-order valence-electron chi connectivity index (χ4n) is 2.64. The first-order valence-electron chi connectivity index (χ1n) is 8.94. The lowest BCUT2D eigenvalue weighted by Gasteiger charge is -2.25. The molecule has 1 aromatic carbocycles. The van der Waals surface area contributed by atoms with Crippen molar-refractivity contribution in [1.29, 1.82) is 0 Å². The maximum atomic E-state index is 14.0. The van der Waals surface area contributed by atoms with Gasteiger partial charge in [-0.25, -0.2) is 9.37 Å². The first kappa shape index (κ1) is 25.2. The Morgan fingerprint density at radius 1 is 1.00 bits per heavy atom. The molecule has 0 saturated carbocycles. The van der Waals surface area contributed by atoms with Crippen LogP contribution in [0.1, 0.15) is 58.4 Å². The summed E-state index contributed by atoms with van der Waals surface area (Å²) in [5.41, 5.74) is -0.269. The molecule has 3 nitrogen and oxygen atoms in total. The first-order valence-corrected chi connectivity index (χ1v) is 8.94. The van der Waals surface area contributed by atoms with E-state index < -0.39 is 17.7 Å². The second-order valence-corrected chi connectivity index (χ2v) is 8.94. The maximum Gasteiger partial charge on any atom is 0.436 e. The average molecular weight is 435 g/mol. The van der Waals surface area contributed by atoms with Gasteiger partial charge in [0, 0.05) is 35.0 Å². The van der Waals surface area contributed by atoms with Gasteiger partial charge in [0.25, 0.3) is 0 Å². The highest BCUT2D eigenvalue weighted by Crippen LogP contribution is 2.39. The highest BCUT2D eigenvalue weighted by atomic mass is 35.5. The van der Waals surface area contributed by atoms with E-state index in [1.165, 1.54) is 0 Å². The number of hydrogen-bond donors (Lipinski definition) is 2. The number of aromatic hydroxyl groups is 1. The standard InChI is InChI=1S/C21H26F4N2O.ClH/c1-19(2,3)14-7-13(11-27-20(4,5)6)17(28)15(9-14)12-8-16(22)18(26-10-12)21(23,24)25;/h7-10,27-28H,11H2,1-6H3;1H. The Morgan fingerprint density at radius 3 is 2.03 bits per heavy atom. The van der Waals surface area contributed by atoms with Gasteiger partial charge >= 0.3 is 6.18 Å². The van der Waals surface area contributed by atoms with Crippen LogP contribution < -0.4 is 5.32 Å². The number of nitrogens with zero attached hydrogens (tertiary/aromatic N) is 1. The highest BCUT2D eigenvalue weighted by molar-refractivity contribution is 5.85. The molecule has 0 unspecified atom stereocenters. The molecule has 1 heterocycles. The molecule has 0 bridgehead atoms. The van der Waals surface area contributed by atoms with E-state index in [4.69, 9.17) is 0 Å². The molecule has 0 fully saturated rings. The number of halogens is 5. The maximum absolute atomic E-state index is 14.0. The number of aromatic nitrogens is 1. The number of alkyl halides is 3. The molecule has 2 aromatic rings. The molecule has 2 rings (SSSR count). The third-order valence-corrected chi connectivity index (χ3v) is 4.28. The van der Waals surface area contributed by atoms with Crippen LogP contribution in [0.5, 0.6) is 5.75 Å². The fraction of sp³-hybridized carbons (Fsp3) is 0.476. The number of phenols is 1. The second-order valence-electron chi connectivity index (χ2n) is 8.94. The van der Waals surface area contributed by atoms with Crippen molar-refractivity contribution in [3.05, 3.63) is 47.0 Å². The summed E-state index contributed by atoms with van der Waals surface area (Å²) in [5.74, 6) is -1.58. The molecule has 0 saturated heterocycles. The minimum Gasteiger partial charge on any atom is -0.507 e. The molecule has 0 aliphatic carbocycles. The number of hydrogen-bond acceptors (Lipinski definition) is 3. The second kappa shape index (κ2) is 8.48. The largest absolute Gasteiger partial charge is 0.507 e. The van der Waals surface area contributed by atoms with E-state index in [1.807, 2.05) is 47.6 Å². The Labute approximate surface area is 175 Å². The summed E-state index contributed by atoms with van der Waals surface area (Å²) in [6, 6.07) is 4.28. The molecule has 0 aliphatic heterocycles. The van der Waals surface area contributed by atoms with Gasteiger partial charge in [0.1, 0.15) is 5.75 Å². The van der Waals surface area contributed by atoms with Crippen LogP contribution in [0.2, 0.25) is 0 Å². The van der Waals surface area contributed by atoms with E-state index >= 15 is 0 Å². The Kier molecular flexibility index (Phi) is 7.36. The van der Waals surface area contributed by atoms with Gasteiger partial charge in [0.15, 0.2) is 11.5 Å². The van der Waals surface area contributed by atoms with Gasteiger partial charge in [0.2, 0.25) is 0 Å². The van der Waals surface area contributed by atoms with Crippen molar-refractivity contribution in [2.45, 2.75) is 65.2 Å². The SMILES string of the molecule is CC(C)(C)NCc1cc(C(C)(C)C)cc(-c2cnc(C(F)(F)F)c(F)c2)c1O.Cl. The van der Waals surface area contributed by atoms with Crippen LogP contribution >= 0.6 is 12.4 Å². The van der Waals surface area contributed by atoms with E-state index in [9.17, 15) is 22.7 Å². The van der Waals surface area contributed by atoms with E-state index in [0.717, 1.165) is 17.8 Å². The Morgan fingerprint density at radius 2 is 1.59 bits per heavy atom. The molecular formula is C21H27ClF4N2O. The minimum absolute atomic E-state index is 0. The predicted octanol–water partition coefficient (Wildman–Crippen LogP) is 6.22.